The largest absolute Gasteiger partial charge is 0.342 e. The molecule has 0 radical (unpaired) electrons. The Morgan fingerprint density at radius 2 is 2.19 bits per heavy atom. The zero-order chi connectivity index (χ0) is 11.4. The summed E-state index contributed by atoms with van der Waals surface area (Å²) in [5.74, 6) is 0.194. The number of carbonyl (C=O) groups is 1. The molecule has 0 aromatic rings. The van der Waals surface area contributed by atoms with Gasteiger partial charge in [-0.3, -0.25) is 9.69 Å². The standard InChI is InChI=1S/C11H23N3O.ClH/c1-9(2)13(3)11(15)8-14-6-4-5-10(12)7-14;/h9-10H,4-8,12H2,1-3H3;1H/t10-;/m1./s1. The van der Waals surface area contributed by atoms with Crippen LogP contribution in [-0.4, -0.2) is 54.5 Å². The second-order valence-corrected chi connectivity index (χ2v) is 4.74. The summed E-state index contributed by atoms with van der Waals surface area (Å²) in [6.45, 7) is 6.44. The Morgan fingerprint density at radius 3 is 2.69 bits per heavy atom. The van der Waals surface area contributed by atoms with Crippen LogP contribution in [0.1, 0.15) is 26.7 Å². The van der Waals surface area contributed by atoms with E-state index >= 15 is 0 Å². The Morgan fingerprint density at radius 1 is 1.56 bits per heavy atom. The molecule has 4 nitrogen and oxygen atoms in total. The Hall–Kier alpha value is -0.320. The normalized spacial score (nSPS) is 21.7. The Balaban J connectivity index is 0.00000225. The summed E-state index contributed by atoms with van der Waals surface area (Å²) in [5.41, 5.74) is 5.87. The number of nitrogens with zero attached hydrogens (tertiary/aromatic N) is 2. The van der Waals surface area contributed by atoms with Gasteiger partial charge in [-0.15, -0.1) is 12.4 Å². The molecule has 96 valence electrons. The molecule has 1 aliphatic heterocycles. The molecule has 0 aliphatic carbocycles. The lowest BCUT2D eigenvalue weighted by Gasteiger charge is -2.32. The first-order valence-electron chi connectivity index (χ1n) is 5.74. The summed E-state index contributed by atoms with van der Waals surface area (Å²) in [7, 11) is 1.86. The fourth-order valence-corrected chi connectivity index (χ4v) is 1.83. The second-order valence-electron chi connectivity index (χ2n) is 4.74. The van der Waals surface area contributed by atoms with Crippen LogP contribution in [0.5, 0.6) is 0 Å². The van der Waals surface area contributed by atoms with Crippen molar-refractivity contribution in [3.63, 3.8) is 0 Å². The molecular weight excluding hydrogens is 226 g/mol. The summed E-state index contributed by atoms with van der Waals surface area (Å²) >= 11 is 0. The first kappa shape index (κ1) is 15.7. The van der Waals surface area contributed by atoms with E-state index in [0.29, 0.717) is 6.54 Å². The number of likely N-dealkylation sites (N-methyl/N-ethyl adjacent to an activating group) is 1. The number of likely N-dealkylation sites (tertiary alicyclic amines) is 1. The van der Waals surface area contributed by atoms with E-state index in [0.717, 1.165) is 25.9 Å². The van der Waals surface area contributed by atoms with Crippen LogP contribution in [0.25, 0.3) is 0 Å². The number of hydrogen-bond donors (Lipinski definition) is 1. The molecule has 1 saturated heterocycles. The van der Waals surface area contributed by atoms with Crippen molar-refractivity contribution in [1.82, 2.24) is 9.80 Å². The smallest absolute Gasteiger partial charge is 0.236 e. The van der Waals surface area contributed by atoms with Gasteiger partial charge in [0.1, 0.15) is 0 Å². The Bertz CT molecular complexity index is 223. The van der Waals surface area contributed by atoms with E-state index in [1.54, 1.807) is 4.90 Å². The van der Waals surface area contributed by atoms with E-state index < -0.39 is 0 Å². The van der Waals surface area contributed by atoms with Gasteiger partial charge in [-0.25, -0.2) is 0 Å². The van der Waals surface area contributed by atoms with Gasteiger partial charge in [0.15, 0.2) is 0 Å². The van der Waals surface area contributed by atoms with Crippen molar-refractivity contribution in [2.45, 2.75) is 38.8 Å². The average Bonchev–Trinajstić information content (AvgIpc) is 2.16. The molecular formula is C11H24ClN3O. The van der Waals surface area contributed by atoms with Gasteiger partial charge in [0.2, 0.25) is 5.91 Å². The minimum atomic E-state index is 0. The van der Waals surface area contributed by atoms with Crippen LogP contribution >= 0.6 is 12.4 Å². The summed E-state index contributed by atoms with van der Waals surface area (Å²) in [6.07, 6.45) is 2.20. The number of piperidine rings is 1. The number of nitrogens with two attached hydrogens (primary N) is 1. The van der Waals surface area contributed by atoms with Gasteiger partial charge in [-0.05, 0) is 33.2 Å². The maximum atomic E-state index is 11.8. The number of amides is 1. The van der Waals surface area contributed by atoms with Crippen molar-refractivity contribution in [3.8, 4) is 0 Å². The van der Waals surface area contributed by atoms with Gasteiger partial charge in [0.05, 0.1) is 6.54 Å². The highest BCUT2D eigenvalue weighted by Crippen LogP contribution is 2.08. The third-order valence-electron chi connectivity index (χ3n) is 3.07. The molecule has 5 heteroatoms. The van der Waals surface area contributed by atoms with E-state index in [9.17, 15) is 4.79 Å². The maximum absolute atomic E-state index is 11.8. The average molecular weight is 250 g/mol. The molecule has 0 aromatic carbocycles. The highest BCUT2D eigenvalue weighted by molar-refractivity contribution is 5.85. The molecule has 1 aliphatic rings. The van der Waals surface area contributed by atoms with E-state index in [2.05, 4.69) is 4.90 Å². The van der Waals surface area contributed by atoms with Crippen molar-refractivity contribution < 1.29 is 4.79 Å². The van der Waals surface area contributed by atoms with Gasteiger partial charge in [-0.1, -0.05) is 0 Å². The Kier molecular flexibility index (Phi) is 6.95. The van der Waals surface area contributed by atoms with Gasteiger partial charge < -0.3 is 10.6 Å². The molecule has 2 N–H and O–H groups in total. The molecule has 16 heavy (non-hydrogen) atoms. The highest BCUT2D eigenvalue weighted by atomic mass is 35.5. The van der Waals surface area contributed by atoms with Gasteiger partial charge in [-0.2, -0.15) is 0 Å². The van der Waals surface area contributed by atoms with E-state index in [1.807, 2.05) is 20.9 Å². The van der Waals surface area contributed by atoms with Crippen LogP contribution in [0.4, 0.5) is 0 Å². The first-order chi connectivity index (χ1) is 7.00. The van der Waals surface area contributed by atoms with Gasteiger partial charge in [0, 0.05) is 25.7 Å². The molecule has 0 bridgehead atoms. The number of carbonyl (C=O) groups excluding carboxylic acids is 1. The fraction of sp³-hybridized carbons (Fsp3) is 0.909. The SMILES string of the molecule is CC(C)N(C)C(=O)CN1CCC[C@@H](N)C1.Cl. The number of hydrogen-bond acceptors (Lipinski definition) is 3. The van der Waals surface area contributed by atoms with Crippen molar-refractivity contribution in [3.05, 3.63) is 0 Å². The van der Waals surface area contributed by atoms with Crippen molar-refractivity contribution in [1.29, 1.82) is 0 Å². The maximum Gasteiger partial charge on any atom is 0.236 e. The lowest BCUT2D eigenvalue weighted by atomic mass is 10.1. The van der Waals surface area contributed by atoms with E-state index in [4.69, 9.17) is 5.73 Å². The molecule has 1 fully saturated rings. The number of rotatable bonds is 3. The quantitative estimate of drug-likeness (QED) is 0.801. The lowest BCUT2D eigenvalue weighted by Crippen LogP contribution is -2.48. The van der Waals surface area contributed by atoms with Crippen LogP contribution in [0, 0.1) is 0 Å². The molecule has 1 amide bonds. The minimum absolute atomic E-state index is 0. The van der Waals surface area contributed by atoms with Gasteiger partial charge in [0.25, 0.3) is 0 Å². The molecule has 0 spiro atoms. The second kappa shape index (κ2) is 7.09. The zero-order valence-electron chi connectivity index (χ0n) is 10.5. The Labute approximate surface area is 105 Å². The van der Waals surface area contributed by atoms with Crippen molar-refractivity contribution >= 4 is 18.3 Å². The molecule has 0 aromatic heterocycles. The molecule has 0 saturated carbocycles. The van der Waals surface area contributed by atoms with Crippen molar-refractivity contribution in [2.24, 2.45) is 5.73 Å². The number of halogens is 1. The summed E-state index contributed by atoms with van der Waals surface area (Å²) in [5, 5.41) is 0. The van der Waals surface area contributed by atoms with E-state index in [1.165, 1.54) is 0 Å². The lowest BCUT2D eigenvalue weighted by molar-refractivity contribution is -0.132. The monoisotopic (exact) mass is 249 g/mol. The zero-order valence-corrected chi connectivity index (χ0v) is 11.3. The van der Waals surface area contributed by atoms with Crippen LogP contribution in [0.3, 0.4) is 0 Å². The fourth-order valence-electron chi connectivity index (χ4n) is 1.83. The van der Waals surface area contributed by atoms with Crippen LogP contribution in [-0.2, 0) is 4.79 Å². The predicted molar refractivity (Wildman–Crippen MR) is 68.8 cm³/mol. The summed E-state index contributed by atoms with van der Waals surface area (Å²) in [6, 6.07) is 0.520. The first-order valence-corrected chi connectivity index (χ1v) is 5.74. The summed E-state index contributed by atoms with van der Waals surface area (Å²) in [4.78, 5) is 15.8. The molecule has 1 atom stereocenters. The highest BCUT2D eigenvalue weighted by Gasteiger charge is 2.21. The third kappa shape index (κ3) is 4.68. The predicted octanol–water partition coefficient (Wildman–Crippen LogP) is 0.698. The van der Waals surface area contributed by atoms with Crippen molar-refractivity contribution in [2.75, 3.05) is 26.7 Å². The van der Waals surface area contributed by atoms with E-state index in [-0.39, 0.29) is 30.4 Å². The molecule has 1 rings (SSSR count). The third-order valence-corrected chi connectivity index (χ3v) is 3.07. The molecule has 0 unspecified atom stereocenters. The topological polar surface area (TPSA) is 49.6 Å². The summed E-state index contributed by atoms with van der Waals surface area (Å²) < 4.78 is 0. The van der Waals surface area contributed by atoms with Crippen LogP contribution < -0.4 is 5.73 Å². The minimum Gasteiger partial charge on any atom is -0.342 e. The van der Waals surface area contributed by atoms with Gasteiger partial charge >= 0.3 is 0 Å². The molecule has 1 heterocycles. The van der Waals surface area contributed by atoms with Crippen LogP contribution in [0.15, 0.2) is 0 Å². The van der Waals surface area contributed by atoms with Crippen LogP contribution in [0.2, 0.25) is 0 Å².